The van der Waals surface area contributed by atoms with Crippen LogP contribution in [-0.2, 0) is 11.3 Å². The minimum atomic E-state index is 0.226. The van der Waals surface area contributed by atoms with E-state index >= 15 is 0 Å². The van der Waals surface area contributed by atoms with Gasteiger partial charge in [0.15, 0.2) is 17.0 Å². The lowest BCUT2D eigenvalue weighted by Gasteiger charge is -2.26. The first-order valence-corrected chi connectivity index (χ1v) is 10.6. The number of fused-ring (bicyclic) bond motifs is 1. The zero-order valence-corrected chi connectivity index (χ0v) is 17.6. The molecule has 1 atom stereocenters. The number of likely N-dealkylation sites (tertiary alicyclic amines) is 1. The number of aromatic nitrogens is 6. The molecule has 1 aliphatic carbocycles. The number of carbonyl (C=O) groups is 1. The maximum absolute atomic E-state index is 12.4. The smallest absolute Gasteiger partial charge is 0.225 e. The molecule has 0 N–H and O–H groups in total. The van der Waals surface area contributed by atoms with Crippen molar-refractivity contribution < 1.29 is 4.79 Å². The van der Waals surface area contributed by atoms with Crippen LogP contribution in [0.4, 0.5) is 5.82 Å². The molecule has 1 saturated carbocycles. The summed E-state index contributed by atoms with van der Waals surface area (Å²) in [6, 6.07) is 0.226. The van der Waals surface area contributed by atoms with E-state index in [4.69, 9.17) is 4.98 Å². The van der Waals surface area contributed by atoms with Crippen LogP contribution in [-0.4, -0.2) is 66.5 Å². The van der Waals surface area contributed by atoms with E-state index in [9.17, 15) is 4.79 Å². The Balaban J connectivity index is 1.49. The lowest BCUT2D eigenvalue weighted by Crippen LogP contribution is -2.37. The van der Waals surface area contributed by atoms with Crippen LogP contribution in [0.3, 0.4) is 0 Å². The predicted molar refractivity (Wildman–Crippen MR) is 113 cm³/mol. The molecule has 9 heteroatoms. The SMILES string of the molecule is CCn1c(-c2cnc(C)nc2)nc2c(N(C)[C@H]3CCN(C(=O)C4CC4)C3)ncnc21. The quantitative estimate of drug-likeness (QED) is 0.640. The normalized spacial score (nSPS) is 18.9. The van der Waals surface area contributed by atoms with Gasteiger partial charge in [0.05, 0.1) is 5.56 Å². The Bertz CT molecular complexity index is 1090. The van der Waals surface area contributed by atoms with Crippen LogP contribution in [0.25, 0.3) is 22.6 Å². The molecule has 0 aromatic carbocycles. The molecule has 3 aromatic rings. The Morgan fingerprint density at radius 1 is 1.17 bits per heavy atom. The maximum atomic E-state index is 12.4. The van der Waals surface area contributed by atoms with E-state index in [1.54, 1.807) is 18.7 Å². The molecule has 1 aliphatic heterocycles. The van der Waals surface area contributed by atoms with Crippen molar-refractivity contribution >= 4 is 22.9 Å². The number of carbonyl (C=O) groups excluding carboxylic acids is 1. The Kier molecular flexibility index (Phi) is 4.60. The van der Waals surface area contributed by atoms with Crippen molar-refractivity contribution in [2.45, 2.75) is 45.7 Å². The summed E-state index contributed by atoms with van der Waals surface area (Å²) in [7, 11) is 2.04. The van der Waals surface area contributed by atoms with E-state index in [2.05, 4.69) is 36.3 Å². The summed E-state index contributed by atoms with van der Waals surface area (Å²) in [5.74, 6) is 2.89. The molecule has 1 saturated heterocycles. The van der Waals surface area contributed by atoms with Crippen LogP contribution < -0.4 is 4.90 Å². The topological polar surface area (TPSA) is 92.9 Å². The molecule has 4 heterocycles. The first-order chi connectivity index (χ1) is 14.6. The van der Waals surface area contributed by atoms with E-state index in [1.165, 1.54) is 0 Å². The van der Waals surface area contributed by atoms with Gasteiger partial charge >= 0.3 is 0 Å². The first kappa shape index (κ1) is 18.9. The summed E-state index contributed by atoms with van der Waals surface area (Å²) in [5, 5.41) is 0. The summed E-state index contributed by atoms with van der Waals surface area (Å²) in [6.45, 7) is 6.22. The molecule has 3 aromatic heterocycles. The molecule has 2 aliphatic rings. The number of nitrogens with zero attached hydrogens (tertiary/aromatic N) is 8. The van der Waals surface area contributed by atoms with Crippen molar-refractivity contribution in [1.82, 2.24) is 34.4 Å². The van der Waals surface area contributed by atoms with Crippen LogP contribution in [0.5, 0.6) is 0 Å². The summed E-state index contributed by atoms with van der Waals surface area (Å²) in [4.78, 5) is 39.2. The number of amides is 1. The van der Waals surface area contributed by atoms with Gasteiger partial charge in [0.1, 0.15) is 18.0 Å². The van der Waals surface area contributed by atoms with Crippen molar-refractivity contribution in [3.63, 3.8) is 0 Å². The van der Waals surface area contributed by atoms with Crippen LogP contribution in [0.1, 0.15) is 32.0 Å². The fourth-order valence-electron chi connectivity index (χ4n) is 4.23. The van der Waals surface area contributed by atoms with Crippen LogP contribution in [0.15, 0.2) is 18.7 Å². The molecular weight excluding hydrogens is 380 g/mol. The third-order valence-corrected chi connectivity index (χ3v) is 6.15. The minimum absolute atomic E-state index is 0.226. The Morgan fingerprint density at radius 3 is 2.63 bits per heavy atom. The van der Waals surface area contributed by atoms with Crippen LogP contribution >= 0.6 is 0 Å². The van der Waals surface area contributed by atoms with E-state index in [0.717, 1.165) is 73.1 Å². The maximum Gasteiger partial charge on any atom is 0.225 e. The Hall–Kier alpha value is -3.10. The zero-order chi connectivity index (χ0) is 20.8. The van der Waals surface area contributed by atoms with Gasteiger partial charge in [-0.25, -0.2) is 24.9 Å². The highest BCUT2D eigenvalue weighted by molar-refractivity contribution is 5.87. The first-order valence-electron chi connectivity index (χ1n) is 10.6. The Morgan fingerprint density at radius 2 is 1.93 bits per heavy atom. The summed E-state index contributed by atoms with van der Waals surface area (Å²) >= 11 is 0. The fraction of sp³-hybridized carbons (Fsp3) is 0.524. The van der Waals surface area contributed by atoms with Crippen molar-refractivity contribution in [2.75, 3.05) is 25.0 Å². The number of hydrogen-bond donors (Lipinski definition) is 0. The average Bonchev–Trinajstić information content (AvgIpc) is 3.37. The van der Waals surface area contributed by atoms with Gasteiger partial charge in [-0.15, -0.1) is 0 Å². The summed E-state index contributed by atoms with van der Waals surface area (Å²) in [5.41, 5.74) is 2.43. The van der Waals surface area contributed by atoms with Gasteiger partial charge < -0.3 is 14.4 Å². The van der Waals surface area contributed by atoms with Crippen molar-refractivity contribution in [1.29, 1.82) is 0 Å². The monoisotopic (exact) mass is 406 g/mol. The molecule has 30 heavy (non-hydrogen) atoms. The standard InChI is InChI=1S/C21H26N8O/c1-4-29-18(15-9-22-13(2)23-10-15)26-17-19(24-12-25-20(17)29)27(3)16-7-8-28(11-16)21(30)14-5-6-14/h9-10,12,14,16H,4-8,11H2,1-3H3/t16-/m0/s1. The highest BCUT2D eigenvalue weighted by atomic mass is 16.2. The Labute approximate surface area is 175 Å². The third-order valence-electron chi connectivity index (χ3n) is 6.15. The van der Waals surface area contributed by atoms with Gasteiger partial charge in [0.25, 0.3) is 0 Å². The van der Waals surface area contributed by atoms with Gasteiger partial charge in [-0.2, -0.15) is 0 Å². The molecule has 5 rings (SSSR count). The van der Waals surface area contributed by atoms with Crippen molar-refractivity contribution in [3.8, 4) is 11.4 Å². The number of rotatable bonds is 5. The number of aryl methyl sites for hydroxylation is 2. The highest BCUT2D eigenvalue weighted by Crippen LogP contribution is 2.34. The molecule has 156 valence electrons. The van der Waals surface area contributed by atoms with Gasteiger partial charge in [-0.05, 0) is 33.1 Å². The van der Waals surface area contributed by atoms with E-state index < -0.39 is 0 Å². The fourth-order valence-corrected chi connectivity index (χ4v) is 4.23. The molecular formula is C21H26N8O. The number of likely N-dealkylation sites (N-methyl/N-ethyl adjacent to an activating group) is 1. The summed E-state index contributed by atoms with van der Waals surface area (Å²) in [6.07, 6.45) is 8.22. The lowest BCUT2D eigenvalue weighted by molar-refractivity contribution is -0.131. The minimum Gasteiger partial charge on any atom is -0.353 e. The lowest BCUT2D eigenvalue weighted by atomic mass is 10.2. The highest BCUT2D eigenvalue weighted by Gasteiger charge is 2.38. The van der Waals surface area contributed by atoms with Gasteiger partial charge in [-0.1, -0.05) is 0 Å². The second-order valence-electron chi connectivity index (χ2n) is 8.18. The van der Waals surface area contributed by atoms with Crippen molar-refractivity contribution in [2.24, 2.45) is 5.92 Å². The van der Waals surface area contributed by atoms with E-state index in [0.29, 0.717) is 5.91 Å². The second kappa shape index (κ2) is 7.30. The molecule has 0 unspecified atom stereocenters. The van der Waals surface area contributed by atoms with Gasteiger partial charge in [0, 0.05) is 51.0 Å². The molecule has 1 amide bonds. The average molecular weight is 406 g/mol. The van der Waals surface area contributed by atoms with E-state index in [-0.39, 0.29) is 12.0 Å². The molecule has 9 nitrogen and oxygen atoms in total. The van der Waals surface area contributed by atoms with Crippen molar-refractivity contribution in [3.05, 3.63) is 24.5 Å². The number of imidazole rings is 1. The van der Waals surface area contributed by atoms with Crippen LogP contribution in [0.2, 0.25) is 0 Å². The second-order valence-corrected chi connectivity index (χ2v) is 8.18. The molecule has 0 bridgehead atoms. The van der Waals surface area contributed by atoms with Gasteiger partial charge in [-0.3, -0.25) is 4.79 Å². The van der Waals surface area contributed by atoms with E-state index in [1.807, 2.05) is 18.9 Å². The zero-order valence-electron chi connectivity index (χ0n) is 17.6. The molecule has 0 spiro atoms. The number of anilines is 1. The molecule has 2 fully saturated rings. The largest absolute Gasteiger partial charge is 0.353 e. The summed E-state index contributed by atoms with van der Waals surface area (Å²) < 4.78 is 2.07. The number of hydrogen-bond acceptors (Lipinski definition) is 7. The predicted octanol–water partition coefficient (Wildman–Crippen LogP) is 2.06. The third kappa shape index (κ3) is 3.18. The van der Waals surface area contributed by atoms with Gasteiger partial charge in [0.2, 0.25) is 5.91 Å². The molecule has 0 radical (unpaired) electrons. The van der Waals surface area contributed by atoms with Crippen LogP contribution in [0, 0.1) is 12.8 Å².